The summed E-state index contributed by atoms with van der Waals surface area (Å²) in [5.41, 5.74) is 0.0351. The van der Waals surface area contributed by atoms with Crippen LogP contribution in [0.1, 0.15) is 55.3 Å². The fraction of sp³-hybridized carbons (Fsp3) is 0.556. The lowest BCUT2D eigenvalue weighted by Crippen LogP contribution is -2.40. The molecule has 1 aromatic carbocycles. The Hall–Kier alpha value is -1.91. The van der Waals surface area contributed by atoms with Crippen molar-refractivity contribution >= 4 is 11.8 Å². The van der Waals surface area contributed by atoms with Gasteiger partial charge in [-0.3, -0.25) is 9.59 Å². The molecule has 4 nitrogen and oxygen atoms in total. The number of carbonyl (C=O) groups is 2. The first-order valence-electron chi connectivity index (χ1n) is 8.50. The number of benzene rings is 1. The van der Waals surface area contributed by atoms with Crippen molar-refractivity contribution in [3.8, 4) is 0 Å². The van der Waals surface area contributed by atoms with Crippen molar-refractivity contribution in [1.82, 2.24) is 10.2 Å². The smallest absolute Gasteiger partial charge is 0.254 e. The molecule has 124 valence electrons. The third-order valence-electron chi connectivity index (χ3n) is 4.88. The molecule has 1 saturated heterocycles. The second kappa shape index (κ2) is 7.11. The molecule has 1 aliphatic heterocycles. The molecule has 1 saturated carbocycles. The van der Waals surface area contributed by atoms with Gasteiger partial charge in [-0.2, -0.15) is 0 Å². The number of hydrogen-bond acceptors (Lipinski definition) is 2. The average Bonchev–Trinajstić information content (AvgIpc) is 2.75. The van der Waals surface area contributed by atoms with Gasteiger partial charge in [0.1, 0.15) is 5.82 Å². The van der Waals surface area contributed by atoms with Crippen LogP contribution in [0.4, 0.5) is 4.39 Å². The Balaban J connectivity index is 1.61. The molecule has 3 rings (SSSR count). The van der Waals surface area contributed by atoms with Crippen molar-refractivity contribution in [2.45, 2.75) is 57.0 Å². The minimum absolute atomic E-state index is 0.0351. The van der Waals surface area contributed by atoms with Gasteiger partial charge in [-0.15, -0.1) is 0 Å². The molecule has 0 spiro atoms. The van der Waals surface area contributed by atoms with E-state index in [0.29, 0.717) is 19.0 Å². The van der Waals surface area contributed by atoms with Gasteiger partial charge in [0, 0.05) is 19.0 Å². The van der Waals surface area contributed by atoms with Gasteiger partial charge in [-0.1, -0.05) is 37.8 Å². The lowest BCUT2D eigenvalue weighted by molar-refractivity contribution is -0.129. The maximum Gasteiger partial charge on any atom is 0.254 e. The first-order chi connectivity index (χ1) is 11.1. The highest BCUT2D eigenvalue weighted by Crippen LogP contribution is 2.26. The Morgan fingerprint density at radius 2 is 1.83 bits per heavy atom. The van der Waals surface area contributed by atoms with Crippen LogP contribution in [-0.4, -0.2) is 35.3 Å². The third-order valence-corrected chi connectivity index (χ3v) is 4.88. The molecule has 1 atom stereocenters. The van der Waals surface area contributed by atoms with Gasteiger partial charge in [0.2, 0.25) is 5.91 Å². The fourth-order valence-electron chi connectivity index (χ4n) is 3.66. The zero-order valence-corrected chi connectivity index (χ0v) is 13.3. The highest BCUT2D eigenvalue weighted by Gasteiger charge is 2.35. The molecule has 1 aliphatic carbocycles. The summed E-state index contributed by atoms with van der Waals surface area (Å²) in [5.74, 6) is -0.866. The van der Waals surface area contributed by atoms with Gasteiger partial charge < -0.3 is 10.2 Å². The topological polar surface area (TPSA) is 49.4 Å². The summed E-state index contributed by atoms with van der Waals surface area (Å²) in [4.78, 5) is 26.4. The SMILES string of the molecule is O=C(N[C@H]1CC(=O)N(C2CCCCCC2)C1)c1ccccc1F. The number of nitrogens with one attached hydrogen (secondary N) is 1. The molecule has 0 radical (unpaired) electrons. The Bertz CT molecular complexity index is 582. The van der Waals surface area contributed by atoms with Gasteiger partial charge in [0.05, 0.1) is 11.6 Å². The third kappa shape index (κ3) is 3.71. The molecule has 2 aliphatic rings. The minimum Gasteiger partial charge on any atom is -0.347 e. The maximum absolute atomic E-state index is 13.7. The normalized spacial score (nSPS) is 22.9. The first kappa shape index (κ1) is 16.0. The number of amides is 2. The summed E-state index contributed by atoms with van der Waals surface area (Å²) < 4.78 is 13.7. The van der Waals surface area contributed by atoms with E-state index in [9.17, 15) is 14.0 Å². The van der Waals surface area contributed by atoms with Crippen molar-refractivity contribution < 1.29 is 14.0 Å². The Morgan fingerprint density at radius 1 is 1.13 bits per heavy atom. The van der Waals surface area contributed by atoms with E-state index in [4.69, 9.17) is 0 Å². The summed E-state index contributed by atoms with van der Waals surface area (Å²) in [5, 5.41) is 2.81. The van der Waals surface area contributed by atoms with E-state index in [2.05, 4.69) is 5.32 Å². The van der Waals surface area contributed by atoms with Gasteiger partial charge in [0.15, 0.2) is 0 Å². The van der Waals surface area contributed by atoms with Crippen LogP contribution in [0.3, 0.4) is 0 Å². The Labute approximate surface area is 136 Å². The van der Waals surface area contributed by atoms with Crippen molar-refractivity contribution in [2.24, 2.45) is 0 Å². The Kier molecular flexibility index (Phi) is 4.94. The quantitative estimate of drug-likeness (QED) is 0.871. The second-order valence-electron chi connectivity index (χ2n) is 6.55. The number of rotatable bonds is 3. The number of likely N-dealkylation sites (tertiary alicyclic amines) is 1. The highest BCUT2D eigenvalue weighted by molar-refractivity contribution is 5.95. The van der Waals surface area contributed by atoms with Crippen LogP contribution in [0.2, 0.25) is 0 Å². The van der Waals surface area contributed by atoms with Crippen molar-refractivity contribution in [1.29, 1.82) is 0 Å². The van der Waals surface area contributed by atoms with E-state index in [-0.39, 0.29) is 17.5 Å². The monoisotopic (exact) mass is 318 g/mol. The van der Waals surface area contributed by atoms with E-state index in [1.165, 1.54) is 37.8 Å². The highest BCUT2D eigenvalue weighted by atomic mass is 19.1. The lowest BCUT2D eigenvalue weighted by Gasteiger charge is -2.27. The van der Waals surface area contributed by atoms with Gasteiger partial charge in [-0.05, 0) is 25.0 Å². The zero-order chi connectivity index (χ0) is 16.2. The molecular formula is C18H23FN2O2. The molecule has 1 N–H and O–H groups in total. The molecule has 0 bridgehead atoms. The van der Waals surface area contributed by atoms with Crippen LogP contribution in [-0.2, 0) is 4.79 Å². The lowest BCUT2D eigenvalue weighted by atomic mass is 10.1. The Morgan fingerprint density at radius 3 is 2.52 bits per heavy atom. The van der Waals surface area contributed by atoms with Crippen LogP contribution >= 0.6 is 0 Å². The fourth-order valence-corrected chi connectivity index (χ4v) is 3.66. The second-order valence-corrected chi connectivity index (χ2v) is 6.55. The van der Waals surface area contributed by atoms with Crippen LogP contribution in [0.5, 0.6) is 0 Å². The summed E-state index contributed by atoms with van der Waals surface area (Å²) in [6.45, 7) is 0.545. The van der Waals surface area contributed by atoms with Crippen molar-refractivity contribution in [3.63, 3.8) is 0 Å². The largest absolute Gasteiger partial charge is 0.347 e. The van der Waals surface area contributed by atoms with E-state index in [0.717, 1.165) is 12.8 Å². The van der Waals surface area contributed by atoms with E-state index in [1.54, 1.807) is 12.1 Å². The van der Waals surface area contributed by atoms with Gasteiger partial charge >= 0.3 is 0 Å². The maximum atomic E-state index is 13.7. The average molecular weight is 318 g/mol. The molecular weight excluding hydrogens is 295 g/mol. The molecule has 2 amide bonds. The summed E-state index contributed by atoms with van der Waals surface area (Å²) in [7, 11) is 0. The standard InChI is InChI=1S/C18H23FN2O2/c19-16-10-6-5-9-15(16)18(23)20-13-11-17(22)21(12-13)14-7-3-1-2-4-8-14/h5-6,9-10,13-14H,1-4,7-8,11-12H2,(H,20,23)/t13-/m0/s1. The van der Waals surface area contributed by atoms with Gasteiger partial charge in [-0.25, -0.2) is 4.39 Å². The van der Waals surface area contributed by atoms with Crippen LogP contribution in [0.25, 0.3) is 0 Å². The number of halogens is 1. The van der Waals surface area contributed by atoms with E-state index in [1.807, 2.05) is 4.90 Å². The van der Waals surface area contributed by atoms with Crippen molar-refractivity contribution in [3.05, 3.63) is 35.6 Å². The summed E-state index contributed by atoms with van der Waals surface area (Å²) >= 11 is 0. The zero-order valence-electron chi connectivity index (χ0n) is 13.3. The van der Waals surface area contributed by atoms with Crippen LogP contribution in [0.15, 0.2) is 24.3 Å². The molecule has 5 heteroatoms. The number of nitrogens with zero attached hydrogens (tertiary/aromatic N) is 1. The van der Waals surface area contributed by atoms with Crippen LogP contribution < -0.4 is 5.32 Å². The van der Waals surface area contributed by atoms with E-state index < -0.39 is 11.7 Å². The molecule has 0 aromatic heterocycles. The molecule has 2 fully saturated rings. The molecule has 0 unspecified atom stereocenters. The van der Waals surface area contributed by atoms with Crippen molar-refractivity contribution in [2.75, 3.05) is 6.54 Å². The molecule has 23 heavy (non-hydrogen) atoms. The van der Waals surface area contributed by atoms with Gasteiger partial charge in [0.25, 0.3) is 5.91 Å². The van der Waals surface area contributed by atoms with E-state index >= 15 is 0 Å². The first-order valence-corrected chi connectivity index (χ1v) is 8.50. The predicted octanol–water partition coefficient (Wildman–Crippen LogP) is 2.88. The molecule has 1 heterocycles. The summed E-state index contributed by atoms with van der Waals surface area (Å²) in [6.07, 6.45) is 7.25. The number of hydrogen-bond donors (Lipinski definition) is 1. The molecule has 1 aromatic rings. The minimum atomic E-state index is -0.532. The van der Waals surface area contributed by atoms with Crippen LogP contribution in [0, 0.1) is 5.82 Å². The predicted molar refractivity (Wildman–Crippen MR) is 85.5 cm³/mol. The number of carbonyl (C=O) groups excluding carboxylic acids is 2. The summed E-state index contributed by atoms with van der Waals surface area (Å²) in [6, 6.07) is 6.00.